The van der Waals surface area contributed by atoms with E-state index in [1.807, 2.05) is 0 Å². The summed E-state index contributed by atoms with van der Waals surface area (Å²) in [7, 11) is 0. The fraction of sp³-hybridized carbons (Fsp3) is 0.333. The Hall–Kier alpha value is -3.02. The number of carbonyl (C=O) groups is 1. The highest BCUT2D eigenvalue weighted by Crippen LogP contribution is 2.36. The first-order valence-electron chi connectivity index (χ1n) is 10.5. The van der Waals surface area contributed by atoms with Crippen LogP contribution in [-0.4, -0.2) is 25.2 Å². The molecule has 3 aliphatic rings. The largest absolute Gasteiger partial charge is 0.365 e. The monoisotopic (exact) mass is 407 g/mol. The van der Waals surface area contributed by atoms with Gasteiger partial charge in [-0.2, -0.15) is 0 Å². The molecule has 1 saturated heterocycles. The molecule has 5 rings (SSSR count). The molecule has 2 aromatic rings. The third-order valence-corrected chi connectivity index (χ3v) is 6.34. The second-order valence-corrected chi connectivity index (χ2v) is 8.23. The minimum absolute atomic E-state index is 0.264. The summed E-state index contributed by atoms with van der Waals surface area (Å²) in [5, 5.41) is 2.71. The number of allylic oxidation sites excluding steroid dienone is 1. The molecule has 0 aromatic heterocycles. The lowest BCUT2D eigenvalue weighted by Crippen LogP contribution is -2.36. The van der Waals surface area contributed by atoms with Gasteiger partial charge in [-0.1, -0.05) is 11.6 Å². The third kappa shape index (κ3) is 3.51. The second-order valence-electron chi connectivity index (χ2n) is 8.23. The number of halogens is 2. The minimum atomic E-state index is -0.685. The molecular weight excluding hydrogens is 384 g/mol. The number of aliphatic imine (C=N–C) groups is 1. The first kappa shape index (κ1) is 19.0. The Morgan fingerprint density at radius 3 is 2.90 bits per heavy atom. The van der Waals surface area contributed by atoms with E-state index in [9.17, 15) is 13.6 Å². The van der Waals surface area contributed by atoms with Gasteiger partial charge in [0, 0.05) is 31.1 Å². The highest BCUT2D eigenvalue weighted by atomic mass is 19.1. The zero-order valence-electron chi connectivity index (χ0n) is 16.6. The van der Waals surface area contributed by atoms with Crippen molar-refractivity contribution in [3.63, 3.8) is 0 Å². The maximum atomic E-state index is 14.9. The van der Waals surface area contributed by atoms with E-state index in [0.29, 0.717) is 28.5 Å². The van der Waals surface area contributed by atoms with Crippen LogP contribution in [0.1, 0.15) is 37.2 Å². The van der Waals surface area contributed by atoms with Crippen molar-refractivity contribution in [1.82, 2.24) is 0 Å². The van der Waals surface area contributed by atoms with Gasteiger partial charge in [-0.25, -0.2) is 8.78 Å². The highest BCUT2D eigenvalue weighted by Gasteiger charge is 2.30. The lowest BCUT2D eigenvalue weighted by molar-refractivity contribution is -0.115. The molecule has 1 aliphatic carbocycles. The van der Waals surface area contributed by atoms with E-state index in [0.717, 1.165) is 25.9 Å². The van der Waals surface area contributed by atoms with Gasteiger partial charge in [0.05, 0.1) is 11.4 Å². The molecule has 2 aromatic carbocycles. The van der Waals surface area contributed by atoms with E-state index in [-0.39, 0.29) is 11.7 Å². The zero-order valence-corrected chi connectivity index (χ0v) is 16.6. The van der Waals surface area contributed by atoms with Gasteiger partial charge in [-0.3, -0.25) is 9.79 Å². The third-order valence-electron chi connectivity index (χ3n) is 6.34. The molecule has 2 aliphatic heterocycles. The highest BCUT2D eigenvalue weighted by molar-refractivity contribution is 6.12. The van der Waals surface area contributed by atoms with Crippen molar-refractivity contribution in [2.45, 2.75) is 31.6 Å². The molecule has 0 radical (unpaired) electrons. The molecule has 0 saturated carbocycles. The number of fused-ring (bicyclic) bond motifs is 2. The summed E-state index contributed by atoms with van der Waals surface area (Å²) in [6.45, 7) is 1.64. The summed E-state index contributed by atoms with van der Waals surface area (Å²) in [6, 6.07) is 9.09. The smallest absolute Gasteiger partial charge is 0.237 e. The molecule has 0 spiro atoms. The summed E-state index contributed by atoms with van der Waals surface area (Å²) in [5.74, 6) is -1.01. The first-order chi connectivity index (χ1) is 14.6. The van der Waals surface area contributed by atoms with E-state index in [2.05, 4.69) is 21.3 Å². The maximum Gasteiger partial charge on any atom is 0.237 e. The summed E-state index contributed by atoms with van der Waals surface area (Å²) < 4.78 is 28.4. The van der Waals surface area contributed by atoms with Crippen molar-refractivity contribution in [2.75, 3.05) is 23.3 Å². The first-order valence-corrected chi connectivity index (χ1v) is 10.5. The van der Waals surface area contributed by atoms with Gasteiger partial charge in [0.25, 0.3) is 0 Å². The number of piperidine rings is 1. The fourth-order valence-corrected chi connectivity index (χ4v) is 4.74. The second kappa shape index (κ2) is 7.67. The number of anilines is 2. The van der Waals surface area contributed by atoms with Crippen LogP contribution in [0, 0.1) is 17.6 Å². The molecule has 2 atom stereocenters. The van der Waals surface area contributed by atoms with Gasteiger partial charge in [-0.05, 0) is 67.5 Å². The van der Waals surface area contributed by atoms with E-state index in [1.54, 1.807) is 12.1 Å². The number of nitrogens with one attached hydrogen (secondary N) is 1. The normalized spacial score (nSPS) is 23.2. The molecule has 0 bridgehead atoms. The Labute approximate surface area is 174 Å². The van der Waals surface area contributed by atoms with Crippen LogP contribution in [0.15, 0.2) is 53.0 Å². The maximum absolute atomic E-state index is 14.9. The molecule has 2 heterocycles. The van der Waals surface area contributed by atoms with E-state index < -0.39 is 11.7 Å². The summed E-state index contributed by atoms with van der Waals surface area (Å²) in [5.41, 5.74) is 3.59. The summed E-state index contributed by atoms with van der Waals surface area (Å²) in [6.07, 6.45) is 8.47. The number of carbonyl (C=O) groups excluding carboxylic acids is 1. The van der Waals surface area contributed by atoms with E-state index in [1.165, 1.54) is 48.9 Å². The predicted molar refractivity (Wildman–Crippen MR) is 115 cm³/mol. The Balaban J connectivity index is 1.34. The van der Waals surface area contributed by atoms with E-state index in [4.69, 9.17) is 0 Å². The Morgan fingerprint density at radius 1 is 1.13 bits per heavy atom. The molecule has 2 unspecified atom stereocenters. The Kier molecular flexibility index (Phi) is 4.85. The number of hydrogen-bond donors (Lipinski definition) is 1. The van der Waals surface area contributed by atoms with Gasteiger partial charge in [0.15, 0.2) is 0 Å². The molecular formula is C24H23F2N3O. The van der Waals surface area contributed by atoms with Gasteiger partial charge in [0.1, 0.15) is 17.6 Å². The molecule has 1 fully saturated rings. The standard InChI is InChI=1S/C24H23F2N3O/c25-17-5-7-22-19(11-17)20(24(30)28-22)13-27-18-6-8-23(21(26)12-18)29-10-9-15-3-1-2-4-16(15)14-29/h4-8,11-13,15,20H,1-3,9-10,14H2,(H,28,30). The number of benzene rings is 2. The van der Waals surface area contributed by atoms with Gasteiger partial charge in [0.2, 0.25) is 5.91 Å². The van der Waals surface area contributed by atoms with Crippen LogP contribution >= 0.6 is 0 Å². The average Bonchev–Trinajstić information content (AvgIpc) is 3.06. The predicted octanol–water partition coefficient (Wildman–Crippen LogP) is 5.34. The van der Waals surface area contributed by atoms with Crippen LogP contribution in [0.2, 0.25) is 0 Å². The van der Waals surface area contributed by atoms with Crippen molar-refractivity contribution in [3.8, 4) is 0 Å². The Morgan fingerprint density at radius 2 is 2.03 bits per heavy atom. The van der Waals surface area contributed by atoms with Crippen molar-refractivity contribution in [2.24, 2.45) is 10.9 Å². The van der Waals surface area contributed by atoms with Gasteiger partial charge >= 0.3 is 0 Å². The lowest BCUT2D eigenvalue weighted by atomic mass is 9.82. The summed E-state index contributed by atoms with van der Waals surface area (Å²) >= 11 is 0. The van der Waals surface area contributed by atoms with Crippen LogP contribution < -0.4 is 10.2 Å². The van der Waals surface area contributed by atoms with E-state index >= 15 is 0 Å². The SMILES string of the molecule is O=C1Nc2ccc(F)cc2C1C=Nc1ccc(N2CCC3CCCC=C3C2)c(F)c1. The number of amides is 1. The molecule has 30 heavy (non-hydrogen) atoms. The van der Waals surface area contributed by atoms with Crippen LogP contribution in [0.25, 0.3) is 0 Å². The zero-order chi connectivity index (χ0) is 20.7. The van der Waals surface area contributed by atoms with Crippen molar-refractivity contribution in [3.05, 3.63) is 65.2 Å². The topological polar surface area (TPSA) is 44.7 Å². The molecule has 6 heteroatoms. The minimum Gasteiger partial charge on any atom is -0.365 e. The number of rotatable bonds is 3. The van der Waals surface area contributed by atoms with Crippen LogP contribution in [-0.2, 0) is 4.79 Å². The van der Waals surface area contributed by atoms with Gasteiger partial charge in [-0.15, -0.1) is 0 Å². The van der Waals surface area contributed by atoms with Crippen LogP contribution in [0.3, 0.4) is 0 Å². The molecule has 1 N–H and O–H groups in total. The van der Waals surface area contributed by atoms with Crippen molar-refractivity contribution in [1.29, 1.82) is 0 Å². The fourth-order valence-electron chi connectivity index (χ4n) is 4.74. The van der Waals surface area contributed by atoms with Crippen LogP contribution in [0.5, 0.6) is 0 Å². The van der Waals surface area contributed by atoms with Gasteiger partial charge < -0.3 is 10.2 Å². The quantitative estimate of drug-likeness (QED) is 0.551. The molecule has 1 amide bonds. The van der Waals surface area contributed by atoms with Crippen molar-refractivity contribution >= 4 is 29.2 Å². The number of hydrogen-bond acceptors (Lipinski definition) is 3. The van der Waals surface area contributed by atoms with Crippen molar-refractivity contribution < 1.29 is 13.6 Å². The molecule has 154 valence electrons. The van der Waals surface area contributed by atoms with Crippen LogP contribution in [0.4, 0.5) is 25.8 Å². The summed E-state index contributed by atoms with van der Waals surface area (Å²) in [4.78, 5) is 18.6. The average molecular weight is 407 g/mol. The molecule has 4 nitrogen and oxygen atoms in total. The Bertz CT molecular complexity index is 1060. The number of nitrogens with zero attached hydrogens (tertiary/aromatic N) is 2. The lowest BCUT2D eigenvalue weighted by Gasteiger charge is -2.37.